The van der Waals surface area contributed by atoms with Crippen molar-refractivity contribution in [1.82, 2.24) is 9.80 Å². The monoisotopic (exact) mass is 378 g/mol. The molecular weight excluding hydrogens is 340 g/mol. The van der Waals surface area contributed by atoms with Gasteiger partial charge in [0.15, 0.2) is 0 Å². The quantitative estimate of drug-likeness (QED) is 0.513. The molecule has 1 aliphatic carbocycles. The van der Waals surface area contributed by atoms with E-state index in [0.29, 0.717) is 0 Å². The molecule has 5 heteroatoms. The molecule has 0 unspecified atom stereocenters. The molecule has 0 aromatic carbocycles. The van der Waals surface area contributed by atoms with Crippen molar-refractivity contribution >= 4 is 5.91 Å². The molecule has 0 radical (unpaired) electrons. The van der Waals surface area contributed by atoms with E-state index in [4.69, 9.17) is 9.47 Å². The zero-order chi connectivity index (χ0) is 19.9. The molecule has 5 nitrogen and oxygen atoms in total. The van der Waals surface area contributed by atoms with Gasteiger partial charge < -0.3 is 19.3 Å². The highest BCUT2D eigenvalue weighted by molar-refractivity contribution is 5.89. The molecule has 1 amide bonds. The summed E-state index contributed by atoms with van der Waals surface area (Å²) >= 11 is 0. The van der Waals surface area contributed by atoms with E-state index < -0.39 is 5.41 Å². The molecular formula is C22H38N2O3. The first-order valence-corrected chi connectivity index (χ1v) is 10.4. The second kappa shape index (κ2) is 10.2. The fourth-order valence-electron chi connectivity index (χ4n) is 4.25. The SMILES string of the molecule is CCCC1C(OC)=CC2(C=C1OC)CCN(CCCCCCN(C)C)C2=O. The van der Waals surface area contributed by atoms with Crippen LogP contribution in [0.3, 0.4) is 0 Å². The van der Waals surface area contributed by atoms with Gasteiger partial charge in [-0.25, -0.2) is 0 Å². The summed E-state index contributed by atoms with van der Waals surface area (Å²) in [6.45, 7) is 4.97. The van der Waals surface area contributed by atoms with E-state index in [-0.39, 0.29) is 11.8 Å². The number of ether oxygens (including phenoxy) is 2. The maximum absolute atomic E-state index is 13.2. The second-order valence-electron chi connectivity index (χ2n) is 8.14. The number of carbonyl (C=O) groups excluding carboxylic acids is 1. The van der Waals surface area contributed by atoms with Crippen LogP contribution in [0.1, 0.15) is 51.9 Å². The molecule has 0 aromatic rings. The Hall–Kier alpha value is -1.49. The third kappa shape index (κ3) is 5.28. The number of methoxy groups -OCH3 is 2. The van der Waals surface area contributed by atoms with Gasteiger partial charge in [0.2, 0.25) is 5.91 Å². The van der Waals surface area contributed by atoms with Gasteiger partial charge in [-0.2, -0.15) is 0 Å². The Kier molecular flexibility index (Phi) is 8.21. The van der Waals surface area contributed by atoms with Crippen molar-refractivity contribution in [2.45, 2.75) is 51.9 Å². The summed E-state index contributed by atoms with van der Waals surface area (Å²) in [6, 6.07) is 0. The first-order chi connectivity index (χ1) is 13.0. The minimum Gasteiger partial charge on any atom is -0.501 e. The predicted molar refractivity (Wildman–Crippen MR) is 109 cm³/mol. The summed E-state index contributed by atoms with van der Waals surface area (Å²) in [7, 11) is 7.62. The first kappa shape index (κ1) is 21.8. The molecule has 0 atom stereocenters. The molecule has 1 spiro atoms. The van der Waals surface area contributed by atoms with E-state index in [2.05, 4.69) is 38.1 Å². The fourth-order valence-corrected chi connectivity index (χ4v) is 4.25. The highest BCUT2D eigenvalue weighted by Gasteiger charge is 2.47. The van der Waals surface area contributed by atoms with Crippen LogP contribution < -0.4 is 0 Å². The summed E-state index contributed by atoms with van der Waals surface area (Å²) < 4.78 is 11.3. The van der Waals surface area contributed by atoms with E-state index >= 15 is 0 Å². The maximum Gasteiger partial charge on any atom is 0.236 e. The maximum atomic E-state index is 13.2. The summed E-state index contributed by atoms with van der Waals surface area (Å²) in [6.07, 6.45) is 11.7. The topological polar surface area (TPSA) is 42.0 Å². The van der Waals surface area contributed by atoms with Gasteiger partial charge in [-0.05, 0) is 58.5 Å². The molecule has 27 heavy (non-hydrogen) atoms. The molecule has 0 aromatic heterocycles. The number of unbranched alkanes of at least 4 members (excludes halogenated alkanes) is 3. The van der Waals surface area contributed by atoms with Crippen LogP contribution in [0.25, 0.3) is 0 Å². The van der Waals surface area contributed by atoms with Crippen molar-refractivity contribution in [3.8, 4) is 0 Å². The Morgan fingerprint density at radius 1 is 1.11 bits per heavy atom. The van der Waals surface area contributed by atoms with E-state index in [9.17, 15) is 4.79 Å². The normalized spacial score (nSPS) is 25.2. The van der Waals surface area contributed by atoms with Gasteiger partial charge in [-0.15, -0.1) is 0 Å². The number of nitrogens with zero attached hydrogens (tertiary/aromatic N) is 2. The fraction of sp³-hybridized carbons (Fsp3) is 0.773. The molecule has 1 fully saturated rings. The molecule has 1 saturated heterocycles. The number of likely N-dealkylation sites (tertiary alicyclic amines) is 1. The van der Waals surface area contributed by atoms with Crippen LogP contribution in [-0.2, 0) is 14.3 Å². The average Bonchev–Trinajstić information content (AvgIpc) is 2.94. The van der Waals surface area contributed by atoms with E-state index in [0.717, 1.165) is 56.8 Å². The van der Waals surface area contributed by atoms with Crippen LogP contribution in [0, 0.1) is 11.3 Å². The largest absolute Gasteiger partial charge is 0.501 e. The third-order valence-electron chi connectivity index (χ3n) is 5.80. The van der Waals surface area contributed by atoms with Gasteiger partial charge in [0.1, 0.15) is 11.5 Å². The predicted octanol–water partition coefficient (Wildman–Crippen LogP) is 3.82. The van der Waals surface area contributed by atoms with Crippen molar-refractivity contribution in [2.24, 2.45) is 11.3 Å². The van der Waals surface area contributed by atoms with Crippen molar-refractivity contribution in [1.29, 1.82) is 0 Å². The molecule has 2 rings (SSSR count). The molecule has 154 valence electrons. The van der Waals surface area contributed by atoms with Gasteiger partial charge in [-0.3, -0.25) is 4.79 Å². The van der Waals surface area contributed by atoms with Crippen molar-refractivity contribution in [3.05, 3.63) is 23.7 Å². The van der Waals surface area contributed by atoms with E-state index in [1.807, 2.05) is 4.90 Å². The number of hydrogen-bond donors (Lipinski definition) is 0. The minimum absolute atomic E-state index is 0.133. The lowest BCUT2D eigenvalue weighted by molar-refractivity contribution is -0.132. The van der Waals surface area contributed by atoms with Crippen LogP contribution >= 0.6 is 0 Å². The van der Waals surface area contributed by atoms with Crippen LogP contribution in [-0.4, -0.2) is 63.7 Å². The summed E-state index contributed by atoms with van der Waals surface area (Å²) in [5.41, 5.74) is -0.578. The second-order valence-corrected chi connectivity index (χ2v) is 8.14. The highest BCUT2D eigenvalue weighted by atomic mass is 16.5. The Bertz CT molecular complexity index is 532. The minimum atomic E-state index is -0.578. The molecule has 0 N–H and O–H groups in total. The van der Waals surface area contributed by atoms with Gasteiger partial charge in [-0.1, -0.05) is 26.2 Å². The number of amides is 1. The average molecular weight is 379 g/mol. The van der Waals surface area contributed by atoms with Crippen LogP contribution in [0.5, 0.6) is 0 Å². The Balaban J connectivity index is 1.97. The smallest absolute Gasteiger partial charge is 0.236 e. The molecule has 2 aliphatic rings. The summed E-state index contributed by atoms with van der Waals surface area (Å²) in [5.74, 6) is 2.11. The third-order valence-corrected chi connectivity index (χ3v) is 5.80. The Morgan fingerprint density at radius 3 is 2.30 bits per heavy atom. The standard InChI is InChI=1S/C22H38N2O3/c1-6-11-18-19(26-4)16-22(17-20(18)27-5)12-15-24(21(22)25)14-10-8-7-9-13-23(2)3/h16-18H,6-15H2,1-5H3. The number of hydrogen-bond acceptors (Lipinski definition) is 4. The van der Waals surface area contributed by atoms with Gasteiger partial charge in [0.25, 0.3) is 0 Å². The van der Waals surface area contributed by atoms with Crippen molar-refractivity contribution in [2.75, 3.05) is 47.9 Å². The van der Waals surface area contributed by atoms with Crippen LogP contribution in [0.2, 0.25) is 0 Å². The lowest BCUT2D eigenvalue weighted by Gasteiger charge is -2.32. The summed E-state index contributed by atoms with van der Waals surface area (Å²) in [5, 5.41) is 0. The Morgan fingerprint density at radius 2 is 1.74 bits per heavy atom. The van der Waals surface area contributed by atoms with Crippen LogP contribution in [0.15, 0.2) is 23.7 Å². The summed E-state index contributed by atoms with van der Waals surface area (Å²) in [4.78, 5) is 17.4. The molecule has 0 saturated carbocycles. The Labute approximate surface area is 165 Å². The molecule has 1 aliphatic heterocycles. The van der Waals surface area contributed by atoms with Crippen molar-refractivity contribution in [3.63, 3.8) is 0 Å². The lowest BCUT2D eigenvalue weighted by Crippen LogP contribution is -2.36. The highest BCUT2D eigenvalue weighted by Crippen LogP contribution is 2.44. The van der Waals surface area contributed by atoms with Crippen LogP contribution in [0.4, 0.5) is 0 Å². The zero-order valence-corrected chi connectivity index (χ0v) is 17.9. The molecule has 1 heterocycles. The van der Waals surface area contributed by atoms with E-state index in [1.165, 1.54) is 19.3 Å². The van der Waals surface area contributed by atoms with Gasteiger partial charge in [0, 0.05) is 13.1 Å². The number of carbonyl (C=O) groups is 1. The number of rotatable bonds is 11. The van der Waals surface area contributed by atoms with Gasteiger partial charge >= 0.3 is 0 Å². The van der Waals surface area contributed by atoms with Crippen molar-refractivity contribution < 1.29 is 14.3 Å². The first-order valence-electron chi connectivity index (χ1n) is 10.4. The lowest BCUT2D eigenvalue weighted by atomic mass is 9.77. The zero-order valence-electron chi connectivity index (χ0n) is 17.9. The molecule has 0 bridgehead atoms. The van der Waals surface area contributed by atoms with E-state index in [1.54, 1.807) is 14.2 Å². The van der Waals surface area contributed by atoms with Gasteiger partial charge in [0.05, 0.1) is 25.6 Å².